The largest absolute Gasteiger partial charge is 0.341 e. The summed E-state index contributed by atoms with van der Waals surface area (Å²) in [4.78, 5) is 15.1. The molecule has 0 aliphatic heterocycles. The third-order valence-corrected chi connectivity index (χ3v) is 6.03. The van der Waals surface area contributed by atoms with Gasteiger partial charge in [-0.2, -0.15) is 0 Å². The van der Waals surface area contributed by atoms with Crippen LogP contribution in [0.15, 0.2) is 53.5 Å². The van der Waals surface area contributed by atoms with Gasteiger partial charge in [0.2, 0.25) is 0 Å². The molecule has 0 heterocycles. The number of amidine groups is 1. The second-order valence-corrected chi connectivity index (χ2v) is 8.80. The standard InChI is InChI=1S/C15H24NP.C10H15N5O/c17-15-10-8-13(9-11-15)5-4-12-16-14-6-2-1-3-7-14;1-12-9(15-11)7-4-3-5-8(6-7)14-10(16)13-2/h8-11,14,16H,1-7,12,17H2;3-6H,11H2,1-2H3,(H,12,15)(H2,13,14,16). The molecule has 0 radical (unpaired) electrons. The average Bonchev–Trinajstić information content (AvgIpc) is 2.85. The Morgan fingerprint density at radius 3 is 2.48 bits per heavy atom. The average molecular weight is 471 g/mol. The van der Waals surface area contributed by atoms with Gasteiger partial charge in [-0.3, -0.25) is 4.99 Å². The second-order valence-electron chi connectivity index (χ2n) is 8.14. The lowest BCUT2D eigenvalue weighted by atomic mass is 9.95. The van der Waals surface area contributed by atoms with E-state index in [9.17, 15) is 4.79 Å². The summed E-state index contributed by atoms with van der Waals surface area (Å²) in [6.07, 6.45) is 9.53. The van der Waals surface area contributed by atoms with E-state index in [0.29, 0.717) is 11.5 Å². The van der Waals surface area contributed by atoms with Gasteiger partial charge in [0, 0.05) is 31.4 Å². The maximum absolute atomic E-state index is 11.1. The molecule has 1 atom stereocenters. The number of nitrogens with one attached hydrogen (secondary N) is 4. The fourth-order valence-corrected chi connectivity index (χ4v) is 4.00. The first kappa shape index (κ1) is 26.8. The number of amides is 2. The van der Waals surface area contributed by atoms with Gasteiger partial charge in [0.15, 0.2) is 0 Å². The molecule has 8 heteroatoms. The molecule has 2 aromatic carbocycles. The molecule has 1 unspecified atom stereocenters. The van der Waals surface area contributed by atoms with E-state index >= 15 is 0 Å². The van der Waals surface area contributed by atoms with Crippen molar-refractivity contribution >= 4 is 32.1 Å². The molecule has 180 valence electrons. The third-order valence-electron chi connectivity index (χ3n) is 5.64. The van der Waals surface area contributed by atoms with E-state index < -0.39 is 0 Å². The van der Waals surface area contributed by atoms with E-state index in [1.807, 2.05) is 12.1 Å². The number of rotatable bonds is 7. The zero-order chi connectivity index (χ0) is 23.9. The summed E-state index contributed by atoms with van der Waals surface area (Å²) < 4.78 is 0. The lowest BCUT2D eigenvalue weighted by Crippen LogP contribution is -2.31. The number of hydrogen-bond acceptors (Lipinski definition) is 4. The van der Waals surface area contributed by atoms with Crippen LogP contribution in [0.4, 0.5) is 10.5 Å². The highest BCUT2D eigenvalue weighted by atomic mass is 31.0. The molecule has 1 saturated carbocycles. The predicted octanol–water partition coefficient (Wildman–Crippen LogP) is 3.32. The topological polar surface area (TPSA) is 104 Å². The highest BCUT2D eigenvalue weighted by molar-refractivity contribution is 7.27. The minimum atomic E-state index is -0.271. The number of carbonyl (C=O) groups excluding carboxylic acids is 1. The molecule has 0 aromatic heterocycles. The monoisotopic (exact) mass is 470 g/mol. The van der Waals surface area contributed by atoms with Crippen molar-refractivity contribution in [1.82, 2.24) is 16.1 Å². The molecule has 0 bridgehead atoms. The van der Waals surface area contributed by atoms with Gasteiger partial charge >= 0.3 is 6.03 Å². The first-order valence-corrected chi connectivity index (χ1v) is 12.2. The molecule has 6 N–H and O–H groups in total. The fourth-order valence-electron chi connectivity index (χ4n) is 3.80. The Labute approximate surface area is 200 Å². The van der Waals surface area contributed by atoms with Gasteiger partial charge in [-0.15, -0.1) is 9.24 Å². The minimum Gasteiger partial charge on any atom is -0.341 e. The summed E-state index contributed by atoms with van der Waals surface area (Å²) in [5, 5.41) is 10.1. The quantitative estimate of drug-likeness (QED) is 0.107. The molecule has 7 nitrogen and oxygen atoms in total. The predicted molar refractivity (Wildman–Crippen MR) is 143 cm³/mol. The number of nitrogens with two attached hydrogens (primary N) is 1. The summed E-state index contributed by atoms with van der Waals surface area (Å²) in [6, 6.07) is 16.6. The second kappa shape index (κ2) is 15.4. The summed E-state index contributed by atoms with van der Waals surface area (Å²) in [7, 11) is 5.92. The van der Waals surface area contributed by atoms with Crippen LogP contribution in [0.5, 0.6) is 0 Å². The van der Waals surface area contributed by atoms with Crippen molar-refractivity contribution in [2.24, 2.45) is 10.8 Å². The minimum absolute atomic E-state index is 0.271. The molecule has 0 saturated heterocycles. The van der Waals surface area contributed by atoms with E-state index in [1.165, 1.54) is 62.4 Å². The zero-order valence-corrected chi connectivity index (χ0v) is 21.0. The first-order chi connectivity index (χ1) is 16.0. The van der Waals surface area contributed by atoms with E-state index in [4.69, 9.17) is 5.84 Å². The number of benzene rings is 2. The highest BCUT2D eigenvalue weighted by Gasteiger charge is 2.11. The number of aryl methyl sites for hydroxylation is 1. The molecular formula is C25H39N6OP. The zero-order valence-electron chi connectivity index (χ0n) is 19.9. The van der Waals surface area contributed by atoms with Gasteiger partial charge < -0.3 is 21.4 Å². The normalized spacial score (nSPS) is 14.1. The number of hydrazine groups is 1. The number of anilines is 1. The van der Waals surface area contributed by atoms with Crippen molar-refractivity contribution in [3.05, 3.63) is 59.7 Å². The van der Waals surface area contributed by atoms with Crippen LogP contribution >= 0.6 is 9.24 Å². The van der Waals surface area contributed by atoms with Crippen molar-refractivity contribution in [3.63, 3.8) is 0 Å². The Bertz CT molecular complexity index is 865. The van der Waals surface area contributed by atoms with E-state index in [1.54, 1.807) is 26.2 Å². The first-order valence-electron chi connectivity index (χ1n) is 11.7. The fraction of sp³-hybridized carbons (Fsp3) is 0.440. The molecule has 3 rings (SSSR count). The van der Waals surface area contributed by atoms with Crippen LogP contribution in [0.2, 0.25) is 0 Å². The molecule has 2 aromatic rings. The van der Waals surface area contributed by atoms with Crippen LogP contribution in [0, 0.1) is 0 Å². The Morgan fingerprint density at radius 2 is 1.85 bits per heavy atom. The molecular weight excluding hydrogens is 431 g/mol. The Kier molecular flexibility index (Phi) is 12.5. The van der Waals surface area contributed by atoms with Crippen molar-refractivity contribution in [3.8, 4) is 0 Å². The Morgan fingerprint density at radius 1 is 1.12 bits per heavy atom. The van der Waals surface area contributed by atoms with Gasteiger partial charge in [-0.05, 0) is 55.2 Å². The molecule has 1 aliphatic rings. The summed E-state index contributed by atoms with van der Waals surface area (Å²) in [5.41, 5.74) is 5.42. The van der Waals surface area contributed by atoms with Crippen LogP contribution in [0.25, 0.3) is 0 Å². The lowest BCUT2D eigenvalue weighted by molar-refractivity contribution is 0.254. The van der Waals surface area contributed by atoms with Crippen LogP contribution in [0.1, 0.15) is 49.7 Å². The maximum atomic E-state index is 11.1. The smallest absolute Gasteiger partial charge is 0.318 e. The number of hydrogen-bond donors (Lipinski definition) is 5. The van der Waals surface area contributed by atoms with E-state index in [-0.39, 0.29) is 6.03 Å². The number of aliphatic imine (C=N–C) groups is 1. The molecule has 2 amide bonds. The van der Waals surface area contributed by atoms with Crippen molar-refractivity contribution in [2.75, 3.05) is 26.0 Å². The summed E-state index contributed by atoms with van der Waals surface area (Å²) >= 11 is 0. The third kappa shape index (κ3) is 10.3. The van der Waals surface area contributed by atoms with Gasteiger partial charge in [-0.1, -0.05) is 55.7 Å². The van der Waals surface area contributed by atoms with Gasteiger partial charge in [-0.25, -0.2) is 10.6 Å². The van der Waals surface area contributed by atoms with Gasteiger partial charge in [0.05, 0.1) is 0 Å². The molecule has 0 spiro atoms. The highest BCUT2D eigenvalue weighted by Crippen LogP contribution is 2.17. The summed E-state index contributed by atoms with van der Waals surface area (Å²) in [5.74, 6) is 5.87. The number of urea groups is 1. The lowest BCUT2D eigenvalue weighted by Gasteiger charge is -2.22. The summed E-state index contributed by atoms with van der Waals surface area (Å²) in [6.45, 7) is 1.17. The molecule has 1 aliphatic carbocycles. The number of nitrogens with zero attached hydrogens (tertiary/aromatic N) is 1. The van der Waals surface area contributed by atoms with Crippen molar-refractivity contribution in [1.29, 1.82) is 0 Å². The maximum Gasteiger partial charge on any atom is 0.318 e. The van der Waals surface area contributed by atoms with E-state index in [2.05, 4.69) is 59.9 Å². The number of carbonyl (C=O) groups is 1. The molecule has 33 heavy (non-hydrogen) atoms. The SMILES string of the molecule is CN=C(NN)c1cccc(NC(=O)NC)c1.Pc1ccc(CCCNC2CCCCC2)cc1. The van der Waals surface area contributed by atoms with Crippen molar-refractivity contribution in [2.45, 2.75) is 51.0 Å². The van der Waals surface area contributed by atoms with E-state index in [0.717, 1.165) is 11.6 Å². The van der Waals surface area contributed by atoms with Crippen LogP contribution in [-0.2, 0) is 6.42 Å². The van der Waals surface area contributed by atoms with Crippen LogP contribution in [-0.4, -0.2) is 38.5 Å². The van der Waals surface area contributed by atoms with Crippen LogP contribution < -0.4 is 32.5 Å². The van der Waals surface area contributed by atoms with Gasteiger partial charge in [0.1, 0.15) is 5.84 Å². The van der Waals surface area contributed by atoms with Gasteiger partial charge in [0.25, 0.3) is 0 Å². The Balaban J connectivity index is 0.000000234. The molecule has 1 fully saturated rings. The van der Waals surface area contributed by atoms with Crippen LogP contribution in [0.3, 0.4) is 0 Å². The Hall–Kier alpha value is -2.47. The van der Waals surface area contributed by atoms with Crippen molar-refractivity contribution < 1.29 is 4.79 Å².